The molecule has 2 atom stereocenters. The molecule has 2 rings (SSSR count). The molecule has 0 aliphatic carbocycles. The molecule has 4 heteroatoms. The molecule has 0 aliphatic heterocycles. The van der Waals surface area contributed by atoms with Crippen molar-refractivity contribution in [2.24, 2.45) is 5.73 Å². The molecular formula is C16H24N2S2. The lowest BCUT2D eigenvalue weighted by Crippen LogP contribution is -2.40. The van der Waals surface area contributed by atoms with Gasteiger partial charge < -0.3 is 5.73 Å². The number of likely N-dealkylation sites (N-methyl/N-ethyl adjacent to an activating group) is 1. The molecule has 2 aromatic rings. The lowest BCUT2D eigenvalue weighted by molar-refractivity contribution is 0.173. The maximum Gasteiger partial charge on any atom is 0.0599 e. The van der Waals surface area contributed by atoms with Crippen LogP contribution in [0.5, 0.6) is 0 Å². The van der Waals surface area contributed by atoms with Crippen molar-refractivity contribution >= 4 is 22.7 Å². The van der Waals surface area contributed by atoms with Crippen LogP contribution in [0, 0.1) is 6.92 Å². The summed E-state index contributed by atoms with van der Waals surface area (Å²) >= 11 is 3.67. The van der Waals surface area contributed by atoms with Gasteiger partial charge in [-0.15, -0.1) is 22.7 Å². The molecule has 0 saturated carbocycles. The molecule has 0 bridgehead atoms. The average molecular weight is 309 g/mol. The third-order valence-corrected chi connectivity index (χ3v) is 5.74. The van der Waals surface area contributed by atoms with E-state index in [0.717, 1.165) is 19.5 Å². The number of nitrogens with two attached hydrogens (primary N) is 1. The Morgan fingerprint density at radius 1 is 1.20 bits per heavy atom. The van der Waals surface area contributed by atoms with Crippen molar-refractivity contribution in [2.45, 2.75) is 45.8 Å². The number of hydrogen-bond donors (Lipinski definition) is 1. The Labute approximate surface area is 130 Å². The van der Waals surface area contributed by atoms with Gasteiger partial charge in [0.2, 0.25) is 0 Å². The second-order valence-corrected chi connectivity index (χ2v) is 7.11. The summed E-state index contributed by atoms with van der Waals surface area (Å²) in [6.07, 6.45) is 1.00. The third-order valence-electron chi connectivity index (χ3n) is 3.79. The Morgan fingerprint density at radius 3 is 2.50 bits per heavy atom. The Balaban J connectivity index is 2.26. The van der Waals surface area contributed by atoms with Crippen LogP contribution >= 0.6 is 22.7 Å². The van der Waals surface area contributed by atoms with E-state index in [2.05, 4.69) is 54.6 Å². The van der Waals surface area contributed by atoms with Crippen LogP contribution in [0.2, 0.25) is 0 Å². The maximum absolute atomic E-state index is 6.45. The summed E-state index contributed by atoms with van der Waals surface area (Å²) in [6.45, 7) is 8.61. The second kappa shape index (κ2) is 7.36. The van der Waals surface area contributed by atoms with E-state index in [1.165, 1.54) is 15.3 Å². The van der Waals surface area contributed by atoms with Gasteiger partial charge in [0.15, 0.2) is 0 Å². The molecule has 2 N–H and O–H groups in total. The number of nitrogens with zero attached hydrogens (tertiary/aromatic N) is 1. The topological polar surface area (TPSA) is 29.3 Å². The average Bonchev–Trinajstić information content (AvgIpc) is 3.10. The number of thiophene rings is 2. The number of rotatable bonds is 7. The molecule has 0 fully saturated rings. The van der Waals surface area contributed by atoms with E-state index in [0.29, 0.717) is 6.04 Å². The van der Waals surface area contributed by atoms with Gasteiger partial charge in [0.1, 0.15) is 0 Å². The maximum atomic E-state index is 6.45. The number of aryl methyl sites for hydroxylation is 1. The quantitative estimate of drug-likeness (QED) is 0.820. The van der Waals surface area contributed by atoms with Crippen molar-refractivity contribution in [3.05, 3.63) is 44.3 Å². The zero-order valence-corrected chi connectivity index (χ0v) is 14.1. The predicted molar refractivity (Wildman–Crippen MR) is 90.5 cm³/mol. The van der Waals surface area contributed by atoms with Crippen molar-refractivity contribution in [3.8, 4) is 0 Å². The minimum atomic E-state index is 0.187. The highest BCUT2D eigenvalue weighted by Crippen LogP contribution is 2.33. The molecule has 0 amide bonds. The summed E-state index contributed by atoms with van der Waals surface area (Å²) in [4.78, 5) is 5.35. The van der Waals surface area contributed by atoms with E-state index >= 15 is 0 Å². The molecule has 2 aromatic heterocycles. The van der Waals surface area contributed by atoms with Gasteiger partial charge in [-0.05, 0) is 48.3 Å². The first-order valence-corrected chi connectivity index (χ1v) is 8.99. The van der Waals surface area contributed by atoms with Gasteiger partial charge in [0.25, 0.3) is 0 Å². The van der Waals surface area contributed by atoms with Crippen LogP contribution in [0.1, 0.15) is 41.6 Å². The fourth-order valence-corrected chi connectivity index (χ4v) is 4.42. The van der Waals surface area contributed by atoms with Gasteiger partial charge >= 0.3 is 0 Å². The molecule has 20 heavy (non-hydrogen) atoms. The number of hydrogen-bond acceptors (Lipinski definition) is 4. The fourth-order valence-electron chi connectivity index (χ4n) is 2.55. The molecule has 0 spiro atoms. The first-order valence-electron chi connectivity index (χ1n) is 7.23. The van der Waals surface area contributed by atoms with Gasteiger partial charge in [-0.25, -0.2) is 0 Å². The van der Waals surface area contributed by atoms with Crippen LogP contribution < -0.4 is 5.73 Å². The van der Waals surface area contributed by atoms with Crippen LogP contribution in [0.4, 0.5) is 0 Å². The van der Waals surface area contributed by atoms with Crippen molar-refractivity contribution in [2.75, 3.05) is 6.54 Å². The van der Waals surface area contributed by atoms with Gasteiger partial charge in [-0.3, -0.25) is 4.90 Å². The molecule has 110 valence electrons. The Hall–Kier alpha value is -0.680. The van der Waals surface area contributed by atoms with Gasteiger partial charge in [-0.2, -0.15) is 0 Å². The molecule has 2 unspecified atom stereocenters. The monoisotopic (exact) mass is 308 g/mol. The molecule has 2 nitrogen and oxygen atoms in total. The standard InChI is InChI=1S/C16H24N2S2/c1-4-14(17)15(16-12(3)8-10-20-16)18(5-2)11-13-7-6-9-19-13/h6-10,14-15H,4-5,11,17H2,1-3H3. The summed E-state index contributed by atoms with van der Waals surface area (Å²) < 4.78 is 0. The second-order valence-electron chi connectivity index (χ2n) is 5.13. The highest BCUT2D eigenvalue weighted by atomic mass is 32.1. The van der Waals surface area contributed by atoms with Crippen LogP contribution in [-0.4, -0.2) is 17.5 Å². The Kier molecular flexibility index (Phi) is 5.78. The molecule has 2 heterocycles. The summed E-state index contributed by atoms with van der Waals surface area (Å²) in [5.41, 5.74) is 7.82. The van der Waals surface area contributed by atoms with Crippen LogP contribution in [0.3, 0.4) is 0 Å². The van der Waals surface area contributed by atoms with E-state index in [-0.39, 0.29) is 6.04 Å². The first kappa shape index (κ1) is 15.7. The van der Waals surface area contributed by atoms with Crippen LogP contribution in [0.25, 0.3) is 0 Å². The highest BCUT2D eigenvalue weighted by Gasteiger charge is 2.27. The minimum Gasteiger partial charge on any atom is -0.326 e. The van der Waals surface area contributed by atoms with Crippen molar-refractivity contribution in [1.82, 2.24) is 4.90 Å². The molecular weight excluding hydrogens is 284 g/mol. The lowest BCUT2D eigenvalue weighted by Gasteiger charge is -2.34. The zero-order chi connectivity index (χ0) is 14.5. The zero-order valence-electron chi connectivity index (χ0n) is 12.5. The normalized spacial score (nSPS) is 14.7. The summed E-state index contributed by atoms with van der Waals surface area (Å²) in [5.74, 6) is 0. The Bertz CT molecular complexity index is 504. The van der Waals surface area contributed by atoms with Crippen molar-refractivity contribution in [3.63, 3.8) is 0 Å². The van der Waals surface area contributed by atoms with Gasteiger partial charge in [0, 0.05) is 22.3 Å². The molecule has 0 aliphatic rings. The minimum absolute atomic E-state index is 0.187. The Morgan fingerprint density at radius 2 is 2.00 bits per heavy atom. The summed E-state index contributed by atoms with van der Waals surface area (Å²) in [7, 11) is 0. The van der Waals surface area contributed by atoms with E-state index in [4.69, 9.17) is 5.73 Å². The van der Waals surface area contributed by atoms with Gasteiger partial charge in [0.05, 0.1) is 6.04 Å². The van der Waals surface area contributed by atoms with E-state index in [1.54, 1.807) is 0 Å². The van der Waals surface area contributed by atoms with Crippen molar-refractivity contribution in [1.29, 1.82) is 0 Å². The van der Waals surface area contributed by atoms with Crippen LogP contribution in [0.15, 0.2) is 29.0 Å². The third kappa shape index (κ3) is 3.50. The largest absolute Gasteiger partial charge is 0.326 e. The van der Waals surface area contributed by atoms with Gasteiger partial charge in [-0.1, -0.05) is 19.9 Å². The van der Waals surface area contributed by atoms with E-state index in [1.807, 2.05) is 22.7 Å². The molecule has 0 saturated heterocycles. The van der Waals surface area contributed by atoms with Crippen molar-refractivity contribution < 1.29 is 0 Å². The first-order chi connectivity index (χ1) is 9.67. The lowest BCUT2D eigenvalue weighted by atomic mass is 10.0. The summed E-state index contributed by atoms with van der Waals surface area (Å²) in [5, 5.41) is 4.33. The predicted octanol–water partition coefficient (Wildman–Crippen LogP) is 4.42. The molecule has 0 radical (unpaired) electrons. The molecule has 0 aromatic carbocycles. The van der Waals surface area contributed by atoms with E-state index in [9.17, 15) is 0 Å². The fraction of sp³-hybridized carbons (Fsp3) is 0.500. The van der Waals surface area contributed by atoms with E-state index < -0.39 is 0 Å². The van der Waals surface area contributed by atoms with Crippen LogP contribution in [-0.2, 0) is 6.54 Å². The smallest absolute Gasteiger partial charge is 0.0599 e. The highest BCUT2D eigenvalue weighted by molar-refractivity contribution is 7.10. The summed E-state index contributed by atoms with van der Waals surface area (Å²) in [6, 6.07) is 7.05. The SMILES string of the molecule is CCC(N)C(c1sccc1C)N(CC)Cc1cccs1.